The van der Waals surface area contributed by atoms with Crippen molar-refractivity contribution in [3.05, 3.63) is 35.0 Å². The monoisotopic (exact) mass is 354 g/mol. The van der Waals surface area contributed by atoms with Gasteiger partial charge in [-0.1, -0.05) is 6.92 Å². The topological polar surface area (TPSA) is 62.1 Å². The van der Waals surface area contributed by atoms with E-state index in [2.05, 4.69) is 11.9 Å². The fraction of sp³-hybridized carbons (Fsp3) is 0.421. The van der Waals surface area contributed by atoms with Crippen LogP contribution in [-0.4, -0.2) is 40.3 Å². The molecule has 0 saturated carbocycles. The molecule has 0 amide bonds. The Morgan fingerprint density at radius 2 is 2.24 bits per heavy atom. The zero-order valence-corrected chi connectivity index (χ0v) is 15.4. The van der Waals surface area contributed by atoms with Crippen molar-refractivity contribution in [3.63, 3.8) is 0 Å². The van der Waals surface area contributed by atoms with Gasteiger partial charge >= 0.3 is 0 Å². The second-order valence-electron chi connectivity index (χ2n) is 6.79. The van der Waals surface area contributed by atoms with Crippen molar-refractivity contribution >= 4 is 27.4 Å². The van der Waals surface area contributed by atoms with Crippen molar-refractivity contribution in [1.82, 2.24) is 15.0 Å². The predicted octanol–water partition coefficient (Wildman–Crippen LogP) is 3.31. The Morgan fingerprint density at radius 3 is 3.00 bits per heavy atom. The van der Waals surface area contributed by atoms with E-state index in [1.165, 1.54) is 22.2 Å². The Hall–Kier alpha value is -2.05. The van der Waals surface area contributed by atoms with Crippen LogP contribution in [-0.2, 0) is 12.8 Å². The summed E-state index contributed by atoms with van der Waals surface area (Å²) in [7, 11) is 1.99. The molecular weight excluding hydrogens is 332 g/mol. The average Bonchev–Trinajstić information content (AvgIpc) is 2.99. The summed E-state index contributed by atoms with van der Waals surface area (Å²) in [6, 6.07) is 3.89. The van der Waals surface area contributed by atoms with Crippen molar-refractivity contribution in [2.75, 3.05) is 25.1 Å². The quantitative estimate of drug-likeness (QED) is 0.779. The highest BCUT2D eigenvalue weighted by atomic mass is 32.1. The average molecular weight is 354 g/mol. The minimum Gasteiger partial charge on any atom is -0.395 e. The molecule has 0 spiro atoms. The Labute approximate surface area is 151 Å². The highest BCUT2D eigenvalue weighted by molar-refractivity contribution is 7.19. The minimum absolute atomic E-state index is 0.105. The van der Waals surface area contributed by atoms with Crippen molar-refractivity contribution in [2.24, 2.45) is 5.92 Å². The fourth-order valence-corrected chi connectivity index (χ4v) is 4.86. The first-order chi connectivity index (χ1) is 12.2. The van der Waals surface area contributed by atoms with Gasteiger partial charge in [-0.2, -0.15) is 0 Å². The standard InChI is InChI=1S/C19H22N4OS/c1-12-5-6-14-15(10-12)25-19-16(14)18(23(2)8-9-24)21-17(22-19)13-4-3-7-20-11-13/h3-4,7,11-12,24H,5-6,8-10H2,1-2H3. The van der Waals surface area contributed by atoms with Crippen LogP contribution in [0.1, 0.15) is 23.8 Å². The number of aromatic nitrogens is 3. The third-order valence-electron chi connectivity index (χ3n) is 4.85. The molecule has 0 bridgehead atoms. The maximum absolute atomic E-state index is 9.39. The van der Waals surface area contributed by atoms with Crippen LogP contribution in [0.4, 0.5) is 5.82 Å². The second kappa shape index (κ2) is 6.69. The molecule has 3 aromatic heterocycles. The second-order valence-corrected chi connectivity index (χ2v) is 7.87. The van der Waals surface area contributed by atoms with Crippen molar-refractivity contribution < 1.29 is 5.11 Å². The third kappa shape index (κ3) is 3.00. The largest absolute Gasteiger partial charge is 0.395 e. The summed E-state index contributed by atoms with van der Waals surface area (Å²) in [6.07, 6.45) is 6.98. The third-order valence-corrected chi connectivity index (χ3v) is 6.00. The molecule has 3 aromatic rings. The lowest BCUT2D eigenvalue weighted by Gasteiger charge is -2.21. The van der Waals surface area contributed by atoms with Crippen LogP contribution in [0.5, 0.6) is 0 Å². The highest BCUT2D eigenvalue weighted by Crippen LogP contribution is 2.41. The molecule has 0 fully saturated rings. The summed E-state index contributed by atoms with van der Waals surface area (Å²) < 4.78 is 0. The molecular formula is C19H22N4OS. The number of rotatable bonds is 4. The van der Waals surface area contributed by atoms with Gasteiger partial charge in [-0.15, -0.1) is 11.3 Å². The zero-order valence-electron chi connectivity index (χ0n) is 14.6. The van der Waals surface area contributed by atoms with Crippen molar-refractivity contribution in [3.8, 4) is 11.4 Å². The normalized spacial score (nSPS) is 16.8. The molecule has 5 nitrogen and oxygen atoms in total. The smallest absolute Gasteiger partial charge is 0.164 e. The molecule has 1 atom stereocenters. The predicted molar refractivity (Wildman–Crippen MR) is 102 cm³/mol. The first kappa shape index (κ1) is 16.4. The van der Waals surface area contributed by atoms with Crippen molar-refractivity contribution in [2.45, 2.75) is 26.2 Å². The van der Waals surface area contributed by atoms with Gasteiger partial charge in [0.25, 0.3) is 0 Å². The van der Waals surface area contributed by atoms with Gasteiger partial charge in [0.05, 0.1) is 12.0 Å². The summed E-state index contributed by atoms with van der Waals surface area (Å²) in [4.78, 5) is 18.4. The number of fused-ring (bicyclic) bond motifs is 3. The zero-order chi connectivity index (χ0) is 17.4. The van der Waals surface area contributed by atoms with Gasteiger partial charge in [0.15, 0.2) is 5.82 Å². The molecule has 1 aliphatic carbocycles. The summed E-state index contributed by atoms with van der Waals surface area (Å²) in [5.41, 5.74) is 2.33. The molecule has 25 heavy (non-hydrogen) atoms. The van der Waals surface area contributed by atoms with Gasteiger partial charge < -0.3 is 10.0 Å². The molecule has 1 aliphatic rings. The number of aryl methyl sites for hydroxylation is 1. The van der Waals surface area contributed by atoms with Crippen LogP contribution in [0.2, 0.25) is 0 Å². The summed E-state index contributed by atoms with van der Waals surface area (Å²) in [5.74, 6) is 2.35. The van der Waals surface area contributed by atoms with E-state index in [1.807, 2.05) is 24.1 Å². The number of thiophene rings is 1. The van der Waals surface area contributed by atoms with Crippen LogP contribution in [0.3, 0.4) is 0 Å². The Morgan fingerprint density at radius 1 is 1.36 bits per heavy atom. The number of pyridine rings is 1. The molecule has 4 rings (SSSR count). The van der Waals surface area contributed by atoms with E-state index in [4.69, 9.17) is 9.97 Å². The van der Waals surface area contributed by atoms with Crippen LogP contribution >= 0.6 is 11.3 Å². The Balaban J connectivity index is 1.93. The first-order valence-electron chi connectivity index (χ1n) is 8.72. The van der Waals surface area contributed by atoms with Gasteiger partial charge in [0.1, 0.15) is 10.6 Å². The minimum atomic E-state index is 0.105. The number of aliphatic hydroxyl groups excluding tert-OH is 1. The number of hydrogen-bond donors (Lipinski definition) is 1. The number of nitrogens with zero attached hydrogens (tertiary/aromatic N) is 4. The first-order valence-corrected chi connectivity index (χ1v) is 9.53. The summed E-state index contributed by atoms with van der Waals surface area (Å²) >= 11 is 1.80. The number of aliphatic hydroxyl groups is 1. The van der Waals surface area contributed by atoms with Gasteiger partial charge in [-0.25, -0.2) is 9.97 Å². The van der Waals surface area contributed by atoms with Gasteiger partial charge in [0, 0.05) is 36.4 Å². The van der Waals surface area contributed by atoms with E-state index in [1.54, 1.807) is 23.7 Å². The number of hydrogen-bond acceptors (Lipinski definition) is 6. The van der Waals surface area contributed by atoms with E-state index in [0.717, 1.165) is 35.0 Å². The van der Waals surface area contributed by atoms with Gasteiger partial charge in [-0.3, -0.25) is 4.98 Å². The fourth-order valence-electron chi connectivity index (χ4n) is 3.48. The molecule has 0 aliphatic heterocycles. The van der Waals surface area contributed by atoms with Crippen LogP contribution in [0.25, 0.3) is 21.6 Å². The van der Waals surface area contributed by atoms with E-state index in [9.17, 15) is 5.11 Å². The highest BCUT2D eigenvalue weighted by Gasteiger charge is 2.25. The Bertz CT molecular complexity index is 893. The SMILES string of the molecule is CC1CCc2c(sc3nc(-c4cccnc4)nc(N(C)CCO)c23)C1. The molecule has 1 N–H and O–H groups in total. The maximum Gasteiger partial charge on any atom is 0.164 e. The lowest BCUT2D eigenvalue weighted by atomic mass is 9.89. The van der Waals surface area contributed by atoms with E-state index >= 15 is 0 Å². The van der Waals surface area contributed by atoms with Crippen LogP contribution in [0.15, 0.2) is 24.5 Å². The number of anilines is 1. The number of likely N-dealkylation sites (N-methyl/N-ethyl adjacent to an activating group) is 1. The molecule has 3 heterocycles. The molecule has 0 radical (unpaired) electrons. The van der Waals surface area contributed by atoms with Gasteiger partial charge in [0.2, 0.25) is 0 Å². The molecule has 1 unspecified atom stereocenters. The van der Waals surface area contributed by atoms with E-state index in [0.29, 0.717) is 12.4 Å². The molecule has 6 heteroatoms. The van der Waals surface area contributed by atoms with Crippen LogP contribution < -0.4 is 4.90 Å². The summed E-state index contributed by atoms with van der Waals surface area (Å²) in [5, 5.41) is 10.6. The van der Waals surface area contributed by atoms with E-state index in [-0.39, 0.29) is 6.61 Å². The van der Waals surface area contributed by atoms with Crippen LogP contribution in [0, 0.1) is 5.92 Å². The van der Waals surface area contributed by atoms with Gasteiger partial charge in [-0.05, 0) is 42.9 Å². The Kier molecular flexibility index (Phi) is 4.39. The molecule has 130 valence electrons. The lowest BCUT2D eigenvalue weighted by Crippen LogP contribution is -2.23. The molecule has 0 aromatic carbocycles. The van der Waals surface area contributed by atoms with E-state index < -0.39 is 0 Å². The maximum atomic E-state index is 9.39. The lowest BCUT2D eigenvalue weighted by molar-refractivity contribution is 0.304. The molecule has 0 saturated heterocycles. The summed E-state index contributed by atoms with van der Waals surface area (Å²) in [6.45, 7) is 2.98. The van der Waals surface area contributed by atoms with Crippen molar-refractivity contribution in [1.29, 1.82) is 0 Å².